The second-order valence-electron chi connectivity index (χ2n) is 4.42. The fourth-order valence-electron chi connectivity index (χ4n) is 2.09. The second kappa shape index (κ2) is 5.56. The summed E-state index contributed by atoms with van der Waals surface area (Å²) in [6.07, 6.45) is 7.98. The van der Waals surface area contributed by atoms with Gasteiger partial charge in [0.25, 0.3) is 0 Å². The topological polar surface area (TPSA) is 85.0 Å². The SMILES string of the molecule is Nc1cnn(CCNC(=O)NC2CCCC2)c1. The number of urea groups is 1. The van der Waals surface area contributed by atoms with E-state index in [1.165, 1.54) is 12.8 Å². The van der Waals surface area contributed by atoms with Crippen LogP contribution in [0.25, 0.3) is 0 Å². The molecular formula is C11H19N5O. The normalized spacial score (nSPS) is 16.0. The molecule has 0 bridgehead atoms. The Balaban J connectivity index is 1.62. The molecule has 1 aromatic heterocycles. The number of nitrogens with one attached hydrogen (secondary N) is 2. The van der Waals surface area contributed by atoms with Crippen molar-refractivity contribution in [2.24, 2.45) is 0 Å². The van der Waals surface area contributed by atoms with Crippen LogP contribution in [0.3, 0.4) is 0 Å². The summed E-state index contributed by atoms with van der Waals surface area (Å²) in [6.45, 7) is 1.19. The summed E-state index contributed by atoms with van der Waals surface area (Å²) in [7, 11) is 0. The van der Waals surface area contributed by atoms with Crippen LogP contribution in [0.15, 0.2) is 12.4 Å². The van der Waals surface area contributed by atoms with E-state index < -0.39 is 0 Å². The maximum absolute atomic E-state index is 11.5. The molecular weight excluding hydrogens is 218 g/mol. The number of rotatable bonds is 4. The highest BCUT2D eigenvalue weighted by molar-refractivity contribution is 5.74. The predicted molar refractivity (Wildman–Crippen MR) is 65.4 cm³/mol. The van der Waals surface area contributed by atoms with Gasteiger partial charge in [0, 0.05) is 18.8 Å². The van der Waals surface area contributed by atoms with Gasteiger partial charge in [-0.3, -0.25) is 4.68 Å². The van der Waals surface area contributed by atoms with Crippen molar-refractivity contribution >= 4 is 11.7 Å². The standard InChI is InChI=1S/C11H19N5O/c12-9-7-14-16(8-9)6-5-13-11(17)15-10-3-1-2-4-10/h7-8,10H,1-6,12H2,(H2,13,15,17). The molecule has 0 radical (unpaired) electrons. The number of nitrogens with zero attached hydrogens (tertiary/aromatic N) is 2. The molecule has 1 aliphatic rings. The Hall–Kier alpha value is -1.72. The van der Waals surface area contributed by atoms with E-state index in [4.69, 9.17) is 5.73 Å². The van der Waals surface area contributed by atoms with Gasteiger partial charge in [-0.1, -0.05) is 12.8 Å². The fraction of sp³-hybridized carbons (Fsp3) is 0.636. The number of hydrogen-bond donors (Lipinski definition) is 3. The molecule has 2 rings (SSSR count). The maximum Gasteiger partial charge on any atom is 0.315 e. The molecule has 94 valence electrons. The van der Waals surface area contributed by atoms with Crippen molar-refractivity contribution in [2.75, 3.05) is 12.3 Å². The van der Waals surface area contributed by atoms with E-state index in [0.717, 1.165) is 12.8 Å². The summed E-state index contributed by atoms with van der Waals surface area (Å²) < 4.78 is 1.71. The van der Waals surface area contributed by atoms with E-state index >= 15 is 0 Å². The van der Waals surface area contributed by atoms with Crippen LogP contribution in [0.4, 0.5) is 10.5 Å². The lowest BCUT2D eigenvalue weighted by molar-refractivity contribution is 0.236. The molecule has 0 saturated heterocycles. The van der Waals surface area contributed by atoms with Gasteiger partial charge in [-0.05, 0) is 12.8 Å². The van der Waals surface area contributed by atoms with Crippen LogP contribution in [0, 0.1) is 0 Å². The van der Waals surface area contributed by atoms with Crippen molar-refractivity contribution in [3.8, 4) is 0 Å². The molecule has 0 aliphatic heterocycles. The molecule has 1 saturated carbocycles. The highest BCUT2D eigenvalue weighted by atomic mass is 16.2. The highest BCUT2D eigenvalue weighted by Gasteiger charge is 2.16. The van der Waals surface area contributed by atoms with Crippen molar-refractivity contribution in [3.63, 3.8) is 0 Å². The van der Waals surface area contributed by atoms with Crippen LogP contribution < -0.4 is 16.4 Å². The zero-order chi connectivity index (χ0) is 12.1. The molecule has 17 heavy (non-hydrogen) atoms. The number of hydrogen-bond acceptors (Lipinski definition) is 3. The molecule has 0 unspecified atom stereocenters. The molecule has 0 atom stereocenters. The number of carbonyl (C=O) groups excluding carboxylic acids is 1. The second-order valence-corrected chi connectivity index (χ2v) is 4.42. The number of anilines is 1. The molecule has 6 heteroatoms. The Morgan fingerprint density at radius 1 is 1.53 bits per heavy atom. The van der Waals surface area contributed by atoms with Crippen LogP contribution in [0.5, 0.6) is 0 Å². The van der Waals surface area contributed by atoms with Crippen LogP contribution in [-0.2, 0) is 6.54 Å². The average molecular weight is 237 g/mol. The molecule has 2 amide bonds. The smallest absolute Gasteiger partial charge is 0.315 e. The van der Waals surface area contributed by atoms with Gasteiger partial charge in [-0.15, -0.1) is 0 Å². The lowest BCUT2D eigenvalue weighted by atomic mass is 10.2. The van der Waals surface area contributed by atoms with Gasteiger partial charge in [-0.2, -0.15) is 5.10 Å². The van der Waals surface area contributed by atoms with Gasteiger partial charge in [-0.25, -0.2) is 4.79 Å². The Morgan fingerprint density at radius 2 is 2.29 bits per heavy atom. The minimum Gasteiger partial charge on any atom is -0.396 e. The molecule has 0 aromatic carbocycles. The van der Waals surface area contributed by atoms with Gasteiger partial charge < -0.3 is 16.4 Å². The summed E-state index contributed by atoms with van der Waals surface area (Å²) >= 11 is 0. The first-order valence-corrected chi connectivity index (χ1v) is 6.06. The van der Waals surface area contributed by atoms with Gasteiger partial charge in [0.1, 0.15) is 0 Å². The van der Waals surface area contributed by atoms with E-state index in [2.05, 4.69) is 15.7 Å². The Morgan fingerprint density at radius 3 is 2.94 bits per heavy atom. The van der Waals surface area contributed by atoms with Gasteiger partial charge in [0.05, 0.1) is 18.4 Å². The number of nitrogen functional groups attached to an aromatic ring is 1. The highest BCUT2D eigenvalue weighted by Crippen LogP contribution is 2.17. The van der Waals surface area contributed by atoms with E-state index in [0.29, 0.717) is 24.8 Å². The molecule has 1 aliphatic carbocycles. The monoisotopic (exact) mass is 237 g/mol. The van der Waals surface area contributed by atoms with Gasteiger partial charge >= 0.3 is 6.03 Å². The Labute approximate surface area is 101 Å². The minimum absolute atomic E-state index is 0.0861. The molecule has 1 fully saturated rings. The van der Waals surface area contributed by atoms with Crippen molar-refractivity contribution in [3.05, 3.63) is 12.4 Å². The van der Waals surface area contributed by atoms with E-state index in [1.807, 2.05) is 0 Å². The van der Waals surface area contributed by atoms with Crippen molar-refractivity contribution in [1.29, 1.82) is 0 Å². The van der Waals surface area contributed by atoms with Crippen molar-refractivity contribution < 1.29 is 4.79 Å². The molecule has 1 aromatic rings. The Bertz CT molecular complexity index is 370. The first-order chi connectivity index (χ1) is 8.24. The fourth-order valence-corrected chi connectivity index (χ4v) is 2.09. The molecule has 0 spiro atoms. The number of aromatic nitrogens is 2. The quantitative estimate of drug-likeness (QED) is 0.721. The summed E-state index contributed by atoms with van der Waals surface area (Å²) in [5.74, 6) is 0. The first-order valence-electron chi connectivity index (χ1n) is 6.06. The minimum atomic E-state index is -0.0861. The third kappa shape index (κ3) is 3.65. The van der Waals surface area contributed by atoms with E-state index in [9.17, 15) is 4.79 Å². The number of carbonyl (C=O) groups is 1. The molecule has 4 N–H and O–H groups in total. The summed E-state index contributed by atoms with van der Waals surface area (Å²) in [6, 6.07) is 0.271. The third-order valence-electron chi connectivity index (χ3n) is 2.97. The van der Waals surface area contributed by atoms with E-state index in [-0.39, 0.29) is 6.03 Å². The van der Waals surface area contributed by atoms with Crippen LogP contribution in [0.1, 0.15) is 25.7 Å². The van der Waals surface area contributed by atoms with Crippen LogP contribution in [-0.4, -0.2) is 28.4 Å². The lowest BCUT2D eigenvalue weighted by Gasteiger charge is -2.12. The molecule has 6 nitrogen and oxygen atoms in total. The zero-order valence-electron chi connectivity index (χ0n) is 9.85. The Kier molecular flexibility index (Phi) is 3.85. The number of amides is 2. The lowest BCUT2D eigenvalue weighted by Crippen LogP contribution is -2.41. The average Bonchev–Trinajstić information content (AvgIpc) is 2.90. The van der Waals surface area contributed by atoms with Crippen LogP contribution >= 0.6 is 0 Å². The first kappa shape index (κ1) is 11.8. The van der Waals surface area contributed by atoms with Crippen molar-refractivity contribution in [1.82, 2.24) is 20.4 Å². The van der Waals surface area contributed by atoms with E-state index in [1.54, 1.807) is 17.1 Å². The molecule has 1 heterocycles. The summed E-state index contributed by atoms with van der Waals surface area (Å²) in [4.78, 5) is 11.5. The summed E-state index contributed by atoms with van der Waals surface area (Å²) in [5.41, 5.74) is 6.18. The third-order valence-corrected chi connectivity index (χ3v) is 2.97. The number of nitrogens with two attached hydrogens (primary N) is 1. The van der Waals surface area contributed by atoms with Crippen LogP contribution in [0.2, 0.25) is 0 Å². The van der Waals surface area contributed by atoms with Gasteiger partial charge in [0.2, 0.25) is 0 Å². The van der Waals surface area contributed by atoms with Crippen molar-refractivity contribution in [2.45, 2.75) is 38.3 Å². The largest absolute Gasteiger partial charge is 0.396 e. The summed E-state index contributed by atoms with van der Waals surface area (Å²) in [5, 5.41) is 9.82. The zero-order valence-corrected chi connectivity index (χ0v) is 9.85. The maximum atomic E-state index is 11.5. The van der Waals surface area contributed by atoms with Gasteiger partial charge in [0.15, 0.2) is 0 Å². The predicted octanol–water partition coefficient (Wildman–Crippen LogP) is 0.707.